The summed E-state index contributed by atoms with van der Waals surface area (Å²) in [7, 11) is 0. The molecule has 0 spiro atoms. The van der Waals surface area contributed by atoms with Crippen LogP contribution in [0.2, 0.25) is 0 Å². The van der Waals surface area contributed by atoms with Crippen molar-refractivity contribution in [3.05, 3.63) is 51.3 Å². The third-order valence-corrected chi connectivity index (χ3v) is 1.80. The van der Waals surface area contributed by atoms with E-state index in [4.69, 9.17) is 0 Å². The lowest BCUT2D eigenvalue weighted by atomic mass is 10.4. The molecule has 0 aromatic carbocycles. The fraction of sp³-hybridized carbons (Fsp3) is 0. The molecule has 0 amide bonds. The lowest BCUT2D eigenvalue weighted by Gasteiger charge is -2.04. The molecule has 2 aromatic heterocycles. The summed E-state index contributed by atoms with van der Waals surface area (Å²) in [5, 5.41) is 9.43. The number of nitrogens with one attached hydrogen (secondary N) is 1. The minimum Gasteiger partial charge on any atom is -0.494 e. The zero-order valence-electron chi connectivity index (χ0n) is 7.54. The maximum atomic E-state index is 11.4. The summed E-state index contributed by atoms with van der Waals surface area (Å²) in [4.78, 5) is 28.1. The fourth-order valence-corrected chi connectivity index (χ4v) is 1.19. The number of pyridine rings is 1. The van der Waals surface area contributed by atoms with Crippen molar-refractivity contribution >= 4 is 0 Å². The Morgan fingerprint density at radius 2 is 2.13 bits per heavy atom. The Morgan fingerprint density at radius 1 is 1.33 bits per heavy atom. The third kappa shape index (κ3) is 1.64. The monoisotopic (exact) mass is 205 g/mol. The van der Waals surface area contributed by atoms with E-state index in [1.165, 1.54) is 6.20 Å². The predicted octanol–water partition coefficient (Wildman–Crippen LogP) is -0.374. The summed E-state index contributed by atoms with van der Waals surface area (Å²) in [5.41, 5.74) is -1.37. The molecule has 0 aliphatic rings. The number of aromatic hydroxyl groups is 1. The Morgan fingerprint density at radius 3 is 2.73 bits per heavy atom. The number of rotatable bonds is 1. The van der Waals surface area contributed by atoms with Gasteiger partial charge in [-0.05, 0) is 12.1 Å². The maximum Gasteiger partial charge on any atom is 0.337 e. The van der Waals surface area contributed by atoms with Crippen molar-refractivity contribution in [1.82, 2.24) is 14.5 Å². The standard InChI is InChI=1S/C9H7N3O3/c13-7-5-8(14)12(9(15)11-7)6-3-1-2-4-10-6/h1-5,14H,(H,11,13,15). The lowest BCUT2D eigenvalue weighted by Crippen LogP contribution is -2.28. The summed E-state index contributed by atoms with van der Waals surface area (Å²) in [5.74, 6) is -0.196. The second-order valence-electron chi connectivity index (χ2n) is 2.82. The van der Waals surface area contributed by atoms with Gasteiger partial charge in [-0.3, -0.25) is 9.78 Å². The Bertz CT molecular complexity index is 586. The van der Waals surface area contributed by atoms with Crippen LogP contribution in [0.4, 0.5) is 0 Å². The first kappa shape index (κ1) is 9.20. The van der Waals surface area contributed by atoms with Crippen molar-refractivity contribution in [2.45, 2.75) is 0 Å². The second kappa shape index (κ2) is 3.41. The van der Waals surface area contributed by atoms with E-state index in [0.717, 1.165) is 10.6 Å². The molecule has 0 saturated heterocycles. The summed E-state index contributed by atoms with van der Waals surface area (Å²) in [6.45, 7) is 0. The molecule has 0 unspecified atom stereocenters. The molecule has 0 bridgehead atoms. The highest BCUT2D eigenvalue weighted by Crippen LogP contribution is 2.07. The molecule has 2 heterocycles. The first-order chi connectivity index (χ1) is 7.18. The van der Waals surface area contributed by atoms with Gasteiger partial charge in [0.05, 0.1) is 6.07 Å². The molecule has 2 aromatic rings. The van der Waals surface area contributed by atoms with Crippen molar-refractivity contribution in [2.75, 3.05) is 0 Å². The largest absolute Gasteiger partial charge is 0.494 e. The van der Waals surface area contributed by atoms with Gasteiger partial charge in [0.25, 0.3) is 5.56 Å². The molecule has 6 heteroatoms. The molecule has 0 aliphatic carbocycles. The van der Waals surface area contributed by atoms with Gasteiger partial charge in [0.15, 0.2) is 0 Å². The van der Waals surface area contributed by atoms with Crippen LogP contribution < -0.4 is 11.2 Å². The van der Waals surface area contributed by atoms with E-state index in [1.807, 2.05) is 4.98 Å². The van der Waals surface area contributed by atoms with Crippen LogP contribution in [-0.4, -0.2) is 19.6 Å². The number of H-pyrrole nitrogens is 1. The van der Waals surface area contributed by atoms with Crippen LogP contribution >= 0.6 is 0 Å². The molecule has 6 nitrogen and oxygen atoms in total. The average molecular weight is 205 g/mol. The molecule has 0 atom stereocenters. The average Bonchev–Trinajstić information content (AvgIpc) is 2.17. The molecular weight excluding hydrogens is 198 g/mol. The lowest BCUT2D eigenvalue weighted by molar-refractivity contribution is 0.429. The SMILES string of the molecule is O=c1cc(O)n(-c2ccccn2)c(=O)[nH]1. The van der Waals surface area contributed by atoms with E-state index in [0.29, 0.717) is 0 Å². The minimum atomic E-state index is -0.723. The van der Waals surface area contributed by atoms with Gasteiger partial charge in [-0.15, -0.1) is 0 Å². The molecule has 2 N–H and O–H groups in total. The van der Waals surface area contributed by atoms with Crippen molar-refractivity contribution in [1.29, 1.82) is 0 Å². The van der Waals surface area contributed by atoms with Gasteiger partial charge in [-0.25, -0.2) is 14.3 Å². The van der Waals surface area contributed by atoms with Crippen LogP contribution in [0.5, 0.6) is 5.88 Å². The van der Waals surface area contributed by atoms with Gasteiger partial charge in [0, 0.05) is 6.20 Å². The van der Waals surface area contributed by atoms with Crippen LogP contribution in [0.25, 0.3) is 5.82 Å². The predicted molar refractivity (Wildman–Crippen MR) is 52.1 cm³/mol. The van der Waals surface area contributed by atoms with Crippen molar-refractivity contribution in [3.8, 4) is 11.7 Å². The molecule has 76 valence electrons. The first-order valence-electron chi connectivity index (χ1n) is 4.15. The van der Waals surface area contributed by atoms with Crippen LogP contribution in [0, 0.1) is 0 Å². The zero-order valence-corrected chi connectivity index (χ0v) is 7.54. The number of hydrogen-bond donors (Lipinski definition) is 2. The third-order valence-electron chi connectivity index (χ3n) is 1.80. The van der Waals surface area contributed by atoms with Gasteiger partial charge >= 0.3 is 5.69 Å². The van der Waals surface area contributed by atoms with Crippen LogP contribution in [0.1, 0.15) is 0 Å². The summed E-state index contributed by atoms with van der Waals surface area (Å²) in [6, 6.07) is 5.80. The maximum absolute atomic E-state index is 11.4. The van der Waals surface area contributed by atoms with E-state index >= 15 is 0 Å². The number of aromatic amines is 1. The number of aromatic nitrogens is 3. The molecule has 0 radical (unpaired) electrons. The number of nitrogens with zero attached hydrogens (tertiary/aromatic N) is 2. The van der Waals surface area contributed by atoms with E-state index in [1.54, 1.807) is 18.2 Å². The van der Waals surface area contributed by atoms with Crippen molar-refractivity contribution in [2.24, 2.45) is 0 Å². The Hall–Kier alpha value is -2.37. The molecule has 2 rings (SSSR count). The Balaban J connectivity index is 2.75. The highest BCUT2D eigenvalue weighted by atomic mass is 16.3. The van der Waals surface area contributed by atoms with E-state index in [-0.39, 0.29) is 5.82 Å². The summed E-state index contributed by atoms with van der Waals surface area (Å²) >= 11 is 0. The molecular formula is C9H7N3O3. The molecule has 0 fully saturated rings. The van der Waals surface area contributed by atoms with E-state index in [9.17, 15) is 14.7 Å². The van der Waals surface area contributed by atoms with Crippen LogP contribution in [-0.2, 0) is 0 Å². The minimum absolute atomic E-state index is 0.247. The Kier molecular flexibility index (Phi) is 2.09. The van der Waals surface area contributed by atoms with Gasteiger partial charge in [-0.2, -0.15) is 0 Å². The normalized spacial score (nSPS) is 10.1. The van der Waals surface area contributed by atoms with Gasteiger partial charge < -0.3 is 5.11 Å². The second-order valence-corrected chi connectivity index (χ2v) is 2.82. The topological polar surface area (TPSA) is 88.0 Å². The van der Waals surface area contributed by atoms with Crippen molar-refractivity contribution in [3.63, 3.8) is 0 Å². The Labute approximate surface area is 83.5 Å². The highest BCUT2D eigenvalue weighted by molar-refractivity contribution is 5.26. The molecule has 0 saturated carbocycles. The summed E-state index contributed by atoms with van der Waals surface area (Å²) in [6.07, 6.45) is 1.48. The van der Waals surface area contributed by atoms with Crippen LogP contribution in [0.3, 0.4) is 0 Å². The van der Waals surface area contributed by atoms with Crippen LogP contribution in [0.15, 0.2) is 40.1 Å². The smallest absolute Gasteiger partial charge is 0.337 e. The van der Waals surface area contributed by atoms with Gasteiger partial charge in [0.1, 0.15) is 5.82 Å². The van der Waals surface area contributed by atoms with E-state index in [2.05, 4.69) is 4.98 Å². The first-order valence-corrected chi connectivity index (χ1v) is 4.15. The van der Waals surface area contributed by atoms with Gasteiger partial charge in [0.2, 0.25) is 5.88 Å². The van der Waals surface area contributed by atoms with Crippen molar-refractivity contribution < 1.29 is 5.11 Å². The highest BCUT2D eigenvalue weighted by Gasteiger charge is 2.06. The van der Waals surface area contributed by atoms with E-state index < -0.39 is 17.1 Å². The number of hydrogen-bond acceptors (Lipinski definition) is 4. The summed E-state index contributed by atoms with van der Waals surface area (Å²) < 4.78 is 0.904. The zero-order chi connectivity index (χ0) is 10.8. The van der Waals surface area contributed by atoms with Gasteiger partial charge in [-0.1, -0.05) is 6.07 Å². The quantitative estimate of drug-likeness (QED) is 0.664. The fourth-order valence-electron chi connectivity index (χ4n) is 1.19. The molecule has 15 heavy (non-hydrogen) atoms. The molecule has 0 aliphatic heterocycles.